The van der Waals surface area contributed by atoms with E-state index in [1.54, 1.807) is 14.2 Å². The zero-order valence-electron chi connectivity index (χ0n) is 13.1. The lowest BCUT2D eigenvalue weighted by molar-refractivity contribution is 0.0831. The molecule has 23 heavy (non-hydrogen) atoms. The number of carbonyl (C=O) groups excluding carboxylic acids is 1. The maximum Gasteiger partial charge on any atom is 0.170 e. The molecule has 2 aromatic carbocycles. The molecule has 0 bridgehead atoms. The number of carbonyl (C=O) groups is 1. The molecule has 118 valence electrons. The van der Waals surface area contributed by atoms with Crippen LogP contribution < -0.4 is 9.47 Å². The first-order chi connectivity index (χ1) is 11.1. The predicted octanol–water partition coefficient (Wildman–Crippen LogP) is 3.99. The highest BCUT2D eigenvalue weighted by Crippen LogP contribution is 2.50. The third-order valence-corrected chi connectivity index (χ3v) is 6.01. The summed E-state index contributed by atoms with van der Waals surface area (Å²) in [5.74, 6) is 1.89. The van der Waals surface area contributed by atoms with Crippen LogP contribution in [-0.2, 0) is 19.3 Å². The van der Waals surface area contributed by atoms with E-state index >= 15 is 0 Å². The molecule has 2 aliphatic rings. The van der Waals surface area contributed by atoms with Crippen molar-refractivity contribution < 1.29 is 14.3 Å². The number of methoxy groups -OCH3 is 2. The van der Waals surface area contributed by atoms with E-state index in [2.05, 4.69) is 28.1 Å². The van der Waals surface area contributed by atoms with Gasteiger partial charge < -0.3 is 9.47 Å². The molecular weight excluding hydrogens is 356 g/mol. The number of ketones is 1. The molecule has 1 unspecified atom stereocenters. The number of hydrogen-bond donors (Lipinski definition) is 0. The number of Topliss-reactive ketones (excluding diaryl/α,β-unsaturated/α-hetero) is 1. The topological polar surface area (TPSA) is 35.5 Å². The Bertz CT molecular complexity index is 828. The highest BCUT2D eigenvalue weighted by molar-refractivity contribution is 9.10. The van der Waals surface area contributed by atoms with Crippen LogP contribution in [-0.4, -0.2) is 20.0 Å². The summed E-state index contributed by atoms with van der Waals surface area (Å²) in [6.45, 7) is 0. The van der Waals surface area contributed by atoms with E-state index in [-0.39, 0.29) is 11.2 Å². The zero-order valence-corrected chi connectivity index (χ0v) is 14.7. The van der Waals surface area contributed by atoms with E-state index in [9.17, 15) is 4.79 Å². The molecule has 4 rings (SSSR count). The first-order valence-electron chi connectivity index (χ1n) is 7.64. The summed E-state index contributed by atoms with van der Waals surface area (Å²) >= 11 is 3.61. The number of benzene rings is 2. The predicted molar refractivity (Wildman–Crippen MR) is 91.6 cm³/mol. The maximum absolute atomic E-state index is 13.1. The van der Waals surface area contributed by atoms with Gasteiger partial charge in [-0.2, -0.15) is 0 Å². The number of halogens is 1. The van der Waals surface area contributed by atoms with Gasteiger partial charge in [0.05, 0.1) is 18.7 Å². The summed E-state index contributed by atoms with van der Waals surface area (Å²) in [5, 5.41) is 0. The summed E-state index contributed by atoms with van der Waals surface area (Å²) in [7, 11) is 3.32. The van der Waals surface area contributed by atoms with Crippen molar-refractivity contribution in [2.75, 3.05) is 14.2 Å². The second-order valence-corrected chi connectivity index (χ2v) is 7.18. The Kier molecular flexibility index (Phi) is 3.27. The molecule has 1 atom stereocenters. The van der Waals surface area contributed by atoms with Crippen LogP contribution in [0.5, 0.6) is 11.5 Å². The van der Waals surface area contributed by atoms with Crippen LogP contribution in [0.3, 0.4) is 0 Å². The van der Waals surface area contributed by atoms with Crippen molar-refractivity contribution >= 4 is 21.7 Å². The highest BCUT2D eigenvalue weighted by atomic mass is 79.9. The molecule has 2 aromatic rings. The van der Waals surface area contributed by atoms with Crippen molar-refractivity contribution in [3.05, 3.63) is 57.1 Å². The van der Waals surface area contributed by atoms with Crippen molar-refractivity contribution in [2.24, 2.45) is 5.41 Å². The van der Waals surface area contributed by atoms with Crippen LogP contribution in [0.2, 0.25) is 0 Å². The summed E-state index contributed by atoms with van der Waals surface area (Å²) in [6.07, 6.45) is 2.34. The summed E-state index contributed by atoms with van der Waals surface area (Å²) in [5.41, 5.74) is 4.06. The van der Waals surface area contributed by atoms with Gasteiger partial charge in [-0.25, -0.2) is 0 Å². The number of fused-ring (bicyclic) bond motifs is 2. The van der Waals surface area contributed by atoms with Gasteiger partial charge in [-0.05, 0) is 76.1 Å². The summed E-state index contributed by atoms with van der Waals surface area (Å²) < 4.78 is 11.6. The van der Waals surface area contributed by atoms with Crippen molar-refractivity contribution in [1.29, 1.82) is 0 Å². The van der Waals surface area contributed by atoms with Crippen LogP contribution in [0.1, 0.15) is 27.0 Å². The minimum atomic E-state index is -0.341. The van der Waals surface area contributed by atoms with Gasteiger partial charge in [-0.3, -0.25) is 4.79 Å². The quantitative estimate of drug-likeness (QED) is 0.799. The molecule has 0 radical (unpaired) electrons. The molecule has 0 aromatic heterocycles. The van der Waals surface area contributed by atoms with E-state index in [1.165, 1.54) is 11.1 Å². The molecule has 0 amide bonds. The molecule has 0 aliphatic heterocycles. The average molecular weight is 373 g/mol. The van der Waals surface area contributed by atoms with Gasteiger partial charge in [0.15, 0.2) is 5.78 Å². The summed E-state index contributed by atoms with van der Waals surface area (Å²) in [4.78, 5) is 13.1. The van der Waals surface area contributed by atoms with Gasteiger partial charge in [0.25, 0.3) is 0 Å². The van der Waals surface area contributed by atoms with Crippen molar-refractivity contribution in [1.82, 2.24) is 0 Å². The first-order valence-corrected chi connectivity index (χ1v) is 8.43. The molecule has 3 nitrogen and oxygen atoms in total. The minimum absolute atomic E-state index is 0.256. The molecular formula is C19H17BrO3. The third kappa shape index (κ3) is 2.04. The average Bonchev–Trinajstić information content (AvgIpc) is 3.06. The van der Waals surface area contributed by atoms with Crippen LogP contribution in [0.25, 0.3) is 0 Å². The van der Waals surface area contributed by atoms with Crippen molar-refractivity contribution in [2.45, 2.75) is 19.3 Å². The number of ether oxygens (including phenoxy) is 2. The van der Waals surface area contributed by atoms with E-state index in [0.29, 0.717) is 0 Å². The Labute approximate surface area is 143 Å². The highest BCUT2D eigenvalue weighted by Gasteiger charge is 2.49. The fraction of sp³-hybridized carbons (Fsp3) is 0.316. The number of rotatable bonds is 2. The lowest BCUT2D eigenvalue weighted by Gasteiger charge is -2.20. The first kappa shape index (κ1) is 14.8. The Balaban J connectivity index is 1.75. The van der Waals surface area contributed by atoms with Crippen molar-refractivity contribution in [3.63, 3.8) is 0 Å². The zero-order chi connectivity index (χ0) is 16.2. The molecule has 1 spiro atoms. The van der Waals surface area contributed by atoms with E-state index < -0.39 is 0 Å². The van der Waals surface area contributed by atoms with E-state index in [0.717, 1.165) is 46.4 Å². The minimum Gasteiger partial charge on any atom is -0.497 e. The molecule has 0 heterocycles. The molecule has 0 N–H and O–H groups in total. The molecule has 0 saturated carbocycles. The lowest BCUT2D eigenvalue weighted by atomic mass is 9.81. The molecule has 2 aliphatic carbocycles. The largest absolute Gasteiger partial charge is 0.497 e. The summed E-state index contributed by atoms with van der Waals surface area (Å²) in [6, 6.07) is 9.90. The third-order valence-electron chi connectivity index (χ3n) is 5.14. The Morgan fingerprint density at radius 3 is 2.52 bits per heavy atom. The van der Waals surface area contributed by atoms with Gasteiger partial charge in [0, 0.05) is 11.0 Å². The van der Waals surface area contributed by atoms with Crippen LogP contribution in [0.4, 0.5) is 0 Å². The normalized spacial score (nSPS) is 21.4. The van der Waals surface area contributed by atoms with Gasteiger partial charge in [0.2, 0.25) is 0 Å². The molecule has 0 saturated heterocycles. The standard InChI is InChI=1S/C19H17BrO3/c1-22-13-4-3-11-8-19(9-12(11)7-13)10-15-14(18(19)21)5-6-16(23-2)17(15)20/h3-7H,8-10H2,1-2H3. The molecule has 4 heteroatoms. The Morgan fingerprint density at radius 1 is 1.00 bits per heavy atom. The second-order valence-electron chi connectivity index (χ2n) is 6.38. The van der Waals surface area contributed by atoms with Gasteiger partial charge >= 0.3 is 0 Å². The SMILES string of the molecule is COc1ccc2c(c1)CC1(C2)Cc2c(ccc(OC)c2Br)C1=O. The van der Waals surface area contributed by atoms with E-state index in [4.69, 9.17) is 9.47 Å². The smallest absolute Gasteiger partial charge is 0.170 e. The van der Waals surface area contributed by atoms with Crippen molar-refractivity contribution in [3.8, 4) is 11.5 Å². The number of hydrogen-bond acceptors (Lipinski definition) is 3. The van der Waals surface area contributed by atoms with Crippen LogP contribution in [0.15, 0.2) is 34.8 Å². The van der Waals surface area contributed by atoms with Gasteiger partial charge in [0.1, 0.15) is 11.5 Å². The van der Waals surface area contributed by atoms with Gasteiger partial charge in [-0.1, -0.05) is 6.07 Å². The maximum atomic E-state index is 13.1. The monoisotopic (exact) mass is 372 g/mol. The van der Waals surface area contributed by atoms with Crippen LogP contribution in [0, 0.1) is 5.41 Å². The van der Waals surface area contributed by atoms with Crippen LogP contribution >= 0.6 is 15.9 Å². The molecule has 0 fully saturated rings. The van der Waals surface area contributed by atoms with E-state index in [1.807, 2.05) is 18.2 Å². The fourth-order valence-corrected chi connectivity index (χ4v) is 4.64. The second kappa shape index (κ2) is 5.10. The Hall–Kier alpha value is -1.81. The Morgan fingerprint density at radius 2 is 1.78 bits per heavy atom. The van der Waals surface area contributed by atoms with Gasteiger partial charge in [-0.15, -0.1) is 0 Å². The fourth-order valence-electron chi connectivity index (χ4n) is 3.99. The lowest BCUT2D eigenvalue weighted by Crippen LogP contribution is -2.28.